The van der Waals surface area contributed by atoms with Crippen LogP contribution in [0.3, 0.4) is 0 Å². The van der Waals surface area contributed by atoms with Crippen molar-refractivity contribution in [3.63, 3.8) is 0 Å². The Kier molecular flexibility index (Phi) is 4.92. The number of aromatic nitrogens is 1. The van der Waals surface area contributed by atoms with E-state index in [9.17, 15) is 9.90 Å². The molecule has 1 aromatic heterocycles. The molecule has 1 aliphatic rings. The zero-order valence-corrected chi connectivity index (χ0v) is 14.4. The van der Waals surface area contributed by atoms with Gasteiger partial charge in [-0.3, -0.25) is 9.69 Å². The van der Waals surface area contributed by atoms with Gasteiger partial charge in [0.15, 0.2) is 0 Å². The highest BCUT2D eigenvalue weighted by Crippen LogP contribution is 2.28. The van der Waals surface area contributed by atoms with Crippen molar-refractivity contribution in [1.29, 1.82) is 0 Å². The minimum absolute atomic E-state index is 0.0537. The van der Waals surface area contributed by atoms with E-state index in [1.54, 1.807) is 0 Å². The van der Waals surface area contributed by atoms with Gasteiger partial charge in [-0.25, -0.2) is 0 Å². The fourth-order valence-electron chi connectivity index (χ4n) is 3.53. The van der Waals surface area contributed by atoms with Crippen molar-refractivity contribution in [2.45, 2.75) is 51.8 Å². The van der Waals surface area contributed by atoms with Gasteiger partial charge in [0, 0.05) is 42.8 Å². The molecule has 0 amide bonds. The second kappa shape index (κ2) is 6.95. The Bertz CT molecular complexity index is 728. The number of carbonyl (C=O) groups is 1. The summed E-state index contributed by atoms with van der Waals surface area (Å²) in [7, 11) is 0. The molecule has 0 atom stereocenters. The van der Waals surface area contributed by atoms with Crippen molar-refractivity contribution in [3.8, 4) is 0 Å². The van der Waals surface area contributed by atoms with Crippen LogP contribution in [0.5, 0.6) is 0 Å². The van der Waals surface area contributed by atoms with Gasteiger partial charge in [-0.15, -0.1) is 0 Å². The summed E-state index contributed by atoms with van der Waals surface area (Å²) in [4.78, 5) is 13.4. The number of hydrogen-bond donors (Lipinski definition) is 2. The fourth-order valence-corrected chi connectivity index (χ4v) is 3.53. The predicted molar refractivity (Wildman–Crippen MR) is 94.2 cm³/mol. The van der Waals surface area contributed by atoms with E-state index >= 15 is 0 Å². The van der Waals surface area contributed by atoms with Crippen LogP contribution >= 0.6 is 0 Å². The molecule has 24 heavy (non-hydrogen) atoms. The van der Waals surface area contributed by atoms with Crippen LogP contribution in [0.25, 0.3) is 10.9 Å². The Balaban J connectivity index is 1.93. The first kappa shape index (κ1) is 17.0. The second-order valence-corrected chi connectivity index (χ2v) is 7.08. The molecule has 1 saturated heterocycles. The Morgan fingerprint density at radius 3 is 2.62 bits per heavy atom. The average molecular weight is 330 g/mol. The molecule has 2 aromatic rings. The fraction of sp³-hybridized carbons (Fsp3) is 0.526. The average Bonchev–Trinajstić information content (AvgIpc) is 2.87. The molecule has 1 aromatic carbocycles. The van der Waals surface area contributed by atoms with Crippen LogP contribution in [0.15, 0.2) is 24.4 Å². The van der Waals surface area contributed by atoms with E-state index < -0.39 is 5.97 Å². The molecule has 1 aliphatic heterocycles. The molecule has 1 fully saturated rings. The lowest BCUT2D eigenvalue weighted by molar-refractivity contribution is -0.136. The molecule has 2 N–H and O–H groups in total. The topological polar surface area (TPSA) is 65.7 Å². The number of aliphatic hydroxyl groups is 1. The molecule has 0 radical (unpaired) electrons. The number of hydrogen-bond acceptors (Lipinski definition) is 3. The van der Waals surface area contributed by atoms with E-state index in [0.717, 1.165) is 48.9 Å². The number of likely N-dealkylation sites (tertiary alicyclic amines) is 1. The molecule has 3 rings (SSSR count). The van der Waals surface area contributed by atoms with Crippen LogP contribution in [0, 0.1) is 0 Å². The smallest absolute Gasteiger partial charge is 0.307 e. The lowest BCUT2D eigenvalue weighted by Crippen LogP contribution is -2.35. The number of aliphatic hydroxyl groups excluding tert-OH is 1. The highest BCUT2D eigenvalue weighted by atomic mass is 16.4. The van der Waals surface area contributed by atoms with Crippen molar-refractivity contribution in [1.82, 2.24) is 9.47 Å². The van der Waals surface area contributed by atoms with Gasteiger partial charge in [-0.05, 0) is 49.9 Å². The zero-order valence-electron chi connectivity index (χ0n) is 14.4. The van der Waals surface area contributed by atoms with Gasteiger partial charge in [0.25, 0.3) is 0 Å². The highest BCUT2D eigenvalue weighted by molar-refractivity contribution is 5.86. The summed E-state index contributed by atoms with van der Waals surface area (Å²) in [6, 6.07) is 6.33. The highest BCUT2D eigenvalue weighted by Gasteiger charge is 2.19. The Morgan fingerprint density at radius 1 is 1.29 bits per heavy atom. The first-order valence-corrected chi connectivity index (χ1v) is 8.68. The van der Waals surface area contributed by atoms with Gasteiger partial charge >= 0.3 is 5.97 Å². The maximum Gasteiger partial charge on any atom is 0.307 e. The number of carboxylic acid groups (broad SMARTS) is 1. The molecule has 5 heteroatoms. The Morgan fingerprint density at radius 2 is 2.00 bits per heavy atom. The predicted octanol–water partition coefficient (Wildman–Crippen LogP) is 2.81. The standard InChI is InChI=1S/C19H26N2O3/c1-13(2)21-12-15(11-20-7-5-16(22)6-8-20)17-9-14(10-19(23)24)3-4-18(17)21/h3-4,9,12-13,16,22H,5-8,10-11H2,1-2H3,(H,23,24). The molecule has 0 spiro atoms. The normalized spacial score (nSPS) is 17.0. The zero-order chi connectivity index (χ0) is 17.3. The number of rotatable bonds is 5. The minimum Gasteiger partial charge on any atom is -0.481 e. The van der Waals surface area contributed by atoms with E-state index in [1.807, 2.05) is 18.2 Å². The monoisotopic (exact) mass is 330 g/mol. The third-order valence-corrected chi connectivity index (χ3v) is 4.84. The summed E-state index contributed by atoms with van der Waals surface area (Å²) in [5.41, 5.74) is 3.24. The molecule has 2 heterocycles. The Hall–Kier alpha value is -1.85. The summed E-state index contributed by atoms with van der Waals surface area (Å²) in [5, 5.41) is 19.9. The maximum atomic E-state index is 11.0. The molecular formula is C19H26N2O3. The number of benzene rings is 1. The summed E-state index contributed by atoms with van der Waals surface area (Å²) in [6.45, 7) is 6.98. The third-order valence-electron chi connectivity index (χ3n) is 4.84. The molecule has 5 nitrogen and oxygen atoms in total. The number of fused-ring (bicyclic) bond motifs is 1. The largest absolute Gasteiger partial charge is 0.481 e. The molecule has 0 bridgehead atoms. The molecule has 130 valence electrons. The van der Waals surface area contributed by atoms with Gasteiger partial charge in [0.1, 0.15) is 0 Å². The quantitative estimate of drug-likeness (QED) is 0.885. The van der Waals surface area contributed by atoms with Crippen LogP contribution in [0.1, 0.15) is 43.9 Å². The van der Waals surface area contributed by atoms with Crippen molar-refractivity contribution in [2.75, 3.05) is 13.1 Å². The van der Waals surface area contributed by atoms with E-state index in [-0.39, 0.29) is 12.5 Å². The Labute approximate surface area is 142 Å². The summed E-state index contributed by atoms with van der Waals surface area (Å²) >= 11 is 0. The number of nitrogens with zero attached hydrogens (tertiary/aromatic N) is 2. The van der Waals surface area contributed by atoms with Gasteiger partial charge in [0.05, 0.1) is 12.5 Å². The van der Waals surface area contributed by atoms with Crippen molar-refractivity contribution in [3.05, 3.63) is 35.5 Å². The molecule has 0 unspecified atom stereocenters. The van der Waals surface area contributed by atoms with Gasteiger partial charge in [0.2, 0.25) is 0 Å². The third kappa shape index (κ3) is 3.62. The van der Waals surface area contributed by atoms with Crippen molar-refractivity contribution < 1.29 is 15.0 Å². The minimum atomic E-state index is -0.802. The lowest BCUT2D eigenvalue weighted by Gasteiger charge is -2.29. The number of carboxylic acids is 1. The second-order valence-electron chi connectivity index (χ2n) is 7.08. The van der Waals surface area contributed by atoms with Crippen LogP contribution in [0.4, 0.5) is 0 Å². The number of aliphatic carboxylic acids is 1. The lowest BCUT2D eigenvalue weighted by atomic mass is 10.0. The van der Waals surface area contributed by atoms with Crippen molar-refractivity contribution in [2.24, 2.45) is 0 Å². The van der Waals surface area contributed by atoms with Gasteiger partial charge in [-0.1, -0.05) is 6.07 Å². The first-order chi connectivity index (χ1) is 11.4. The van der Waals surface area contributed by atoms with Crippen LogP contribution in [0.2, 0.25) is 0 Å². The first-order valence-electron chi connectivity index (χ1n) is 8.68. The van der Waals surface area contributed by atoms with Crippen LogP contribution < -0.4 is 0 Å². The van der Waals surface area contributed by atoms with Gasteiger partial charge < -0.3 is 14.8 Å². The van der Waals surface area contributed by atoms with E-state index in [4.69, 9.17) is 5.11 Å². The van der Waals surface area contributed by atoms with E-state index in [1.165, 1.54) is 5.56 Å². The summed E-state index contributed by atoms with van der Waals surface area (Å²) < 4.78 is 2.26. The SMILES string of the molecule is CC(C)n1cc(CN2CCC(O)CC2)c2cc(CC(=O)O)ccc21. The molecular weight excluding hydrogens is 304 g/mol. The number of piperidine rings is 1. The van der Waals surface area contributed by atoms with Crippen LogP contribution in [-0.2, 0) is 17.8 Å². The molecule has 0 aliphatic carbocycles. The van der Waals surface area contributed by atoms with Crippen molar-refractivity contribution >= 4 is 16.9 Å². The summed E-state index contributed by atoms with van der Waals surface area (Å²) in [6.07, 6.45) is 3.74. The maximum absolute atomic E-state index is 11.0. The van der Waals surface area contributed by atoms with E-state index in [2.05, 4.69) is 29.5 Å². The molecule has 0 saturated carbocycles. The van der Waals surface area contributed by atoms with Crippen LogP contribution in [-0.4, -0.2) is 44.8 Å². The summed E-state index contributed by atoms with van der Waals surface area (Å²) in [5.74, 6) is -0.802. The van der Waals surface area contributed by atoms with Gasteiger partial charge in [-0.2, -0.15) is 0 Å². The van der Waals surface area contributed by atoms with E-state index in [0.29, 0.717) is 6.04 Å².